The molecular formula is C46H35NOSSi. The standard InChI is InChI=1S/C46H35NOSSi/c1-2-9-30-26-31(17-16-28(30)8-1)29-18-20-32(21-19-29)47(38-12-7-14-40-44(38)36-11-3-5-13-39(36)48-40)33-22-23-37-43(27-33)50-42-25-24-35-34-10-4-6-15-41(34)49-46(35)45(37)42/h1-4,6-12,14-18,20,22-23,25-27,35H,5,13,19,21,24,50H2. The van der Waals surface area contributed by atoms with Gasteiger partial charge in [0.05, 0.1) is 20.6 Å². The quantitative estimate of drug-likeness (QED) is 0.173. The van der Waals surface area contributed by atoms with Crippen molar-refractivity contribution in [2.75, 3.05) is 4.90 Å². The van der Waals surface area contributed by atoms with Gasteiger partial charge >= 0.3 is 0 Å². The average molecular weight is 678 g/mol. The van der Waals surface area contributed by atoms with Crippen LogP contribution in [0, 0.1) is 0 Å². The van der Waals surface area contributed by atoms with Gasteiger partial charge in [-0.15, -0.1) is 0 Å². The minimum atomic E-state index is -0.587. The summed E-state index contributed by atoms with van der Waals surface area (Å²) in [6.45, 7) is 0. The summed E-state index contributed by atoms with van der Waals surface area (Å²) in [7, 11) is -0.587. The van der Waals surface area contributed by atoms with Crippen LogP contribution in [-0.2, 0) is 6.42 Å². The lowest BCUT2D eigenvalue weighted by Gasteiger charge is -2.31. The normalized spacial score (nSPS) is 19.1. The van der Waals surface area contributed by atoms with Crippen molar-refractivity contribution in [3.8, 4) is 0 Å². The first-order chi connectivity index (χ1) is 24.8. The molecule has 0 bridgehead atoms. The largest absolute Gasteiger partial charge is 0.460 e. The van der Waals surface area contributed by atoms with Crippen LogP contribution < -0.4 is 10.1 Å². The van der Waals surface area contributed by atoms with E-state index < -0.39 is 9.52 Å². The maximum atomic E-state index is 6.50. The fraction of sp³-hybridized carbons (Fsp3) is 0.130. The predicted octanol–water partition coefficient (Wildman–Crippen LogP) is 11.1. The number of hydrogen-bond donors (Lipinski definition) is 0. The third kappa shape index (κ3) is 4.41. The van der Waals surface area contributed by atoms with Crippen molar-refractivity contribution in [3.63, 3.8) is 0 Å². The third-order valence-corrected chi connectivity index (χ3v) is 14.7. The summed E-state index contributed by atoms with van der Waals surface area (Å²) < 4.78 is 6.50. The highest BCUT2D eigenvalue weighted by Gasteiger charge is 2.37. The molecule has 11 rings (SSSR count). The number of benzene rings is 5. The number of fused-ring (bicyclic) bond motifs is 10. The summed E-state index contributed by atoms with van der Waals surface area (Å²) in [6, 6.07) is 38.6. The van der Waals surface area contributed by atoms with Crippen molar-refractivity contribution in [1.29, 1.82) is 0 Å². The second-order valence-corrected chi connectivity index (χ2v) is 17.2. The van der Waals surface area contributed by atoms with Crippen LogP contribution in [0.3, 0.4) is 0 Å². The van der Waals surface area contributed by atoms with Crippen molar-refractivity contribution < 1.29 is 4.42 Å². The Balaban J connectivity index is 1.05. The zero-order valence-corrected chi connectivity index (χ0v) is 30.0. The van der Waals surface area contributed by atoms with Gasteiger partial charge in [0.15, 0.2) is 0 Å². The van der Waals surface area contributed by atoms with Crippen LogP contribution in [0.4, 0.5) is 11.4 Å². The lowest BCUT2D eigenvalue weighted by molar-refractivity contribution is 0.546. The minimum Gasteiger partial charge on any atom is -0.460 e. The molecule has 2 aliphatic heterocycles. The molecule has 1 atom stereocenters. The minimum absolute atomic E-state index is 0.514. The summed E-state index contributed by atoms with van der Waals surface area (Å²) in [6.07, 6.45) is 17.0. The Hall–Kier alpha value is -5.03. The molecule has 0 saturated carbocycles. The van der Waals surface area contributed by atoms with Gasteiger partial charge in [0.2, 0.25) is 0 Å². The maximum Gasteiger partial charge on any atom is 0.137 e. The number of rotatable bonds is 4. The van der Waals surface area contributed by atoms with E-state index in [-0.39, 0.29) is 0 Å². The summed E-state index contributed by atoms with van der Waals surface area (Å²) in [5.41, 5.74) is 13.3. The summed E-state index contributed by atoms with van der Waals surface area (Å²) in [5.74, 6) is 1.63. The maximum absolute atomic E-state index is 6.50. The van der Waals surface area contributed by atoms with Gasteiger partial charge in [-0.3, -0.25) is 0 Å². The van der Waals surface area contributed by atoms with E-state index >= 15 is 0 Å². The lowest BCUT2D eigenvalue weighted by atomic mass is 9.87. The molecule has 3 heterocycles. The lowest BCUT2D eigenvalue weighted by Crippen LogP contribution is -2.21. The van der Waals surface area contributed by atoms with Gasteiger partial charge in [-0.1, -0.05) is 113 Å². The van der Waals surface area contributed by atoms with Crippen LogP contribution in [0.5, 0.6) is 0 Å². The molecule has 3 aliphatic carbocycles. The molecule has 2 nitrogen and oxygen atoms in total. The Morgan fingerprint density at radius 2 is 1.72 bits per heavy atom. The van der Waals surface area contributed by atoms with Crippen molar-refractivity contribution >= 4 is 76.8 Å². The number of anilines is 2. The van der Waals surface area contributed by atoms with Gasteiger partial charge in [-0.05, 0) is 107 Å². The Kier molecular flexibility index (Phi) is 6.47. The predicted molar refractivity (Wildman–Crippen MR) is 214 cm³/mol. The number of hydrogen-bond acceptors (Lipinski definition) is 3. The van der Waals surface area contributed by atoms with Gasteiger partial charge in [-0.25, -0.2) is 0 Å². The molecule has 50 heavy (non-hydrogen) atoms. The van der Waals surface area contributed by atoms with Gasteiger partial charge in [0.1, 0.15) is 11.3 Å². The molecule has 6 aromatic rings. The zero-order chi connectivity index (χ0) is 32.8. The Morgan fingerprint density at radius 3 is 2.66 bits per heavy atom. The fourth-order valence-electron chi connectivity index (χ4n) is 9.02. The van der Waals surface area contributed by atoms with E-state index in [2.05, 4.69) is 138 Å². The highest BCUT2D eigenvalue weighted by atomic mass is 32.2. The number of thioether (sulfide) groups is 1. The van der Waals surface area contributed by atoms with E-state index in [0.29, 0.717) is 5.92 Å². The summed E-state index contributed by atoms with van der Waals surface area (Å²) in [5, 5.41) is 7.03. The van der Waals surface area contributed by atoms with E-state index in [1.165, 1.54) is 66.0 Å². The Labute approximate surface area is 299 Å². The SMILES string of the molecule is C1=Cc2c(oc3cccc(N(C4=CC=C(c5ccc6ccccc6c5)CC4)c4ccc5c(c4)[SiH2]C4=CCC6C(=C45)Sc4ccccc46)c23)CC1. The van der Waals surface area contributed by atoms with E-state index in [0.717, 1.165) is 43.4 Å². The molecule has 5 aromatic carbocycles. The molecule has 0 radical (unpaired) electrons. The molecule has 1 aromatic heterocycles. The van der Waals surface area contributed by atoms with Gasteiger partial charge in [0.25, 0.3) is 0 Å². The van der Waals surface area contributed by atoms with Crippen LogP contribution in [0.15, 0.2) is 153 Å². The number of furan rings is 1. The van der Waals surface area contributed by atoms with Crippen LogP contribution in [0.25, 0.3) is 39.0 Å². The third-order valence-electron chi connectivity index (χ3n) is 11.4. The molecule has 0 amide bonds. The van der Waals surface area contributed by atoms with E-state index in [1.807, 2.05) is 11.8 Å². The molecule has 4 heteroatoms. The molecule has 0 spiro atoms. The van der Waals surface area contributed by atoms with E-state index in [1.54, 1.807) is 20.9 Å². The van der Waals surface area contributed by atoms with Crippen LogP contribution in [0.2, 0.25) is 0 Å². The monoisotopic (exact) mass is 677 g/mol. The van der Waals surface area contributed by atoms with Crippen molar-refractivity contribution in [2.45, 2.75) is 42.9 Å². The number of nitrogens with zero attached hydrogens (tertiary/aromatic N) is 1. The fourth-order valence-corrected chi connectivity index (χ4v) is 12.6. The van der Waals surface area contributed by atoms with Gasteiger partial charge in [-0.2, -0.15) is 0 Å². The van der Waals surface area contributed by atoms with Crippen molar-refractivity contribution in [3.05, 3.63) is 171 Å². The van der Waals surface area contributed by atoms with Crippen molar-refractivity contribution in [1.82, 2.24) is 0 Å². The smallest absolute Gasteiger partial charge is 0.137 e. The van der Waals surface area contributed by atoms with Crippen molar-refractivity contribution in [2.24, 2.45) is 0 Å². The summed E-state index contributed by atoms with van der Waals surface area (Å²) >= 11 is 2.02. The Bertz CT molecular complexity index is 2600. The Morgan fingerprint density at radius 1 is 0.800 bits per heavy atom. The topological polar surface area (TPSA) is 16.4 Å². The molecule has 0 saturated heterocycles. The van der Waals surface area contributed by atoms with E-state index in [4.69, 9.17) is 4.42 Å². The molecule has 1 unspecified atom stereocenters. The second kappa shape index (κ2) is 11.2. The van der Waals surface area contributed by atoms with Crippen LogP contribution >= 0.6 is 11.8 Å². The van der Waals surface area contributed by atoms with Gasteiger partial charge < -0.3 is 9.32 Å². The first-order valence-corrected chi connectivity index (χ1v) is 20.2. The summed E-state index contributed by atoms with van der Waals surface area (Å²) in [4.78, 5) is 5.58. The van der Waals surface area contributed by atoms with Crippen LogP contribution in [0.1, 0.15) is 59.6 Å². The van der Waals surface area contributed by atoms with Gasteiger partial charge in [0, 0.05) is 39.1 Å². The first kappa shape index (κ1) is 28.8. The molecular weight excluding hydrogens is 643 g/mol. The molecule has 5 aliphatic rings. The average Bonchev–Trinajstić information content (AvgIpc) is 3.86. The highest BCUT2D eigenvalue weighted by molar-refractivity contribution is 8.03. The molecule has 0 N–H and O–H groups in total. The highest BCUT2D eigenvalue weighted by Crippen LogP contribution is 2.57. The van der Waals surface area contributed by atoms with E-state index in [9.17, 15) is 0 Å². The molecule has 0 fully saturated rings. The zero-order valence-electron chi connectivity index (χ0n) is 27.8. The molecule has 240 valence electrons. The second-order valence-electron chi connectivity index (χ2n) is 14.2. The first-order valence-electron chi connectivity index (χ1n) is 18.0. The number of allylic oxidation sites excluding steroid dienone is 9. The van der Waals surface area contributed by atoms with Crippen LogP contribution in [-0.4, -0.2) is 9.52 Å². The number of aryl methyl sites for hydroxylation is 1.